The van der Waals surface area contributed by atoms with E-state index in [1.807, 2.05) is 54.8 Å². The maximum Gasteiger partial charge on any atom is 0.239 e. The molecule has 0 bridgehead atoms. The van der Waals surface area contributed by atoms with Crippen LogP contribution in [-0.4, -0.2) is 45.4 Å². The average Bonchev–Trinajstić information content (AvgIpc) is 3.31. The second-order valence-electron chi connectivity index (χ2n) is 5.89. The van der Waals surface area contributed by atoms with Gasteiger partial charge in [-0.2, -0.15) is 0 Å². The first-order valence-electron chi connectivity index (χ1n) is 8.81. The minimum absolute atomic E-state index is 0.0436. The Morgan fingerprint density at radius 3 is 2.57 bits per heavy atom. The summed E-state index contributed by atoms with van der Waals surface area (Å²) in [5.74, 6) is 1.03. The zero-order valence-electron chi connectivity index (χ0n) is 15.6. The first-order valence-corrected chi connectivity index (χ1v) is 9.80. The molecule has 3 rings (SSSR count). The second-order valence-corrected chi connectivity index (χ2v) is 6.83. The van der Waals surface area contributed by atoms with Crippen molar-refractivity contribution in [2.24, 2.45) is 0 Å². The van der Waals surface area contributed by atoms with Crippen LogP contribution < -0.4 is 10.6 Å². The van der Waals surface area contributed by atoms with Gasteiger partial charge in [-0.3, -0.25) is 14.2 Å². The number of benzene rings is 1. The van der Waals surface area contributed by atoms with E-state index in [1.165, 1.54) is 11.8 Å². The number of carbonyl (C=O) groups excluding carboxylic acids is 2. The molecular weight excluding hydrogens is 378 g/mol. The number of aryl methyl sites for hydroxylation is 1. The maximum atomic E-state index is 12.1. The molecule has 2 N–H and O–H groups in total. The molecule has 28 heavy (non-hydrogen) atoms. The molecule has 0 atom stereocenters. The van der Waals surface area contributed by atoms with Crippen molar-refractivity contribution in [3.8, 4) is 17.1 Å². The fourth-order valence-corrected chi connectivity index (χ4v) is 3.37. The summed E-state index contributed by atoms with van der Waals surface area (Å²) in [6.07, 6.45) is 1.61. The van der Waals surface area contributed by atoms with Crippen LogP contribution in [-0.2, 0) is 9.59 Å². The lowest BCUT2D eigenvalue weighted by Crippen LogP contribution is -2.37. The Labute approximate surface area is 166 Å². The van der Waals surface area contributed by atoms with Gasteiger partial charge in [-0.15, -0.1) is 10.2 Å². The zero-order valence-corrected chi connectivity index (χ0v) is 16.5. The molecule has 2 amide bonds. The lowest BCUT2D eigenvalue weighted by Gasteiger charge is -2.10. The van der Waals surface area contributed by atoms with Crippen LogP contribution in [0, 0.1) is 6.92 Å². The number of para-hydroxylation sites is 1. The Bertz CT molecular complexity index is 952. The summed E-state index contributed by atoms with van der Waals surface area (Å²) in [4.78, 5) is 23.5. The van der Waals surface area contributed by atoms with Crippen molar-refractivity contribution in [1.82, 2.24) is 25.4 Å². The van der Waals surface area contributed by atoms with E-state index in [1.54, 1.807) is 6.26 Å². The third kappa shape index (κ3) is 4.61. The van der Waals surface area contributed by atoms with Crippen LogP contribution in [0.5, 0.6) is 0 Å². The Kier molecular flexibility index (Phi) is 6.49. The Morgan fingerprint density at radius 1 is 1.11 bits per heavy atom. The van der Waals surface area contributed by atoms with Crippen LogP contribution in [0.2, 0.25) is 0 Å². The van der Waals surface area contributed by atoms with E-state index in [9.17, 15) is 9.59 Å². The fourth-order valence-electron chi connectivity index (χ4n) is 2.58. The molecule has 0 aliphatic heterocycles. The van der Waals surface area contributed by atoms with E-state index in [0.29, 0.717) is 17.5 Å². The summed E-state index contributed by atoms with van der Waals surface area (Å²) in [5, 5.41) is 14.4. The van der Waals surface area contributed by atoms with Gasteiger partial charge in [0, 0.05) is 12.2 Å². The number of nitrogens with one attached hydrogen (secondary N) is 2. The summed E-state index contributed by atoms with van der Waals surface area (Å²) in [6.45, 7) is 4.17. The van der Waals surface area contributed by atoms with Crippen molar-refractivity contribution in [2.45, 2.75) is 19.0 Å². The highest BCUT2D eigenvalue weighted by atomic mass is 32.2. The molecule has 146 valence electrons. The first-order chi connectivity index (χ1) is 13.6. The Hall–Kier alpha value is -3.07. The summed E-state index contributed by atoms with van der Waals surface area (Å²) in [7, 11) is 0. The molecule has 0 fully saturated rings. The molecule has 2 aromatic heterocycles. The maximum absolute atomic E-state index is 12.1. The SMILES string of the molecule is CCNC(=O)CNC(=O)CSc1nnc(-c2ccoc2C)n1-c1ccccc1. The Morgan fingerprint density at radius 2 is 1.89 bits per heavy atom. The standard InChI is InChI=1S/C19H21N5O3S/c1-3-20-16(25)11-21-17(26)12-28-19-23-22-18(15-9-10-27-13(15)2)24(19)14-7-5-4-6-8-14/h4-10H,3,11-12H2,1-2H3,(H,20,25)(H,21,26). The number of thioether (sulfide) groups is 1. The Balaban J connectivity index is 1.78. The number of hydrogen-bond donors (Lipinski definition) is 2. The van der Waals surface area contributed by atoms with E-state index in [2.05, 4.69) is 20.8 Å². The second kappa shape index (κ2) is 9.23. The van der Waals surface area contributed by atoms with Gasteiger partial charge in [-0.1, -0.05) is 30.0 Å². The minimum Gasteiger partial charge on any atom is -0.469 e. The average molecular weight is 399 g/mol. The molecule has 3 aromatic rings. The summed E-state index contributed by atoms with van der Waals surface area (Å²) in [6, 6.07) is 11.5. The van der Waals surface area contributed by atoms with E-state index in [0.717, 1.165) is 17.0 Å². The van der Waals surface area contributed by atoms with Gasteiger partial charge in [0.1, 0.15) is 5.76 Å². The third-order valence-corrected chi connectivity index (χ3v) is 4.83. The number of furan rings is 1. The van der Waals surface area contributed by atoms with Crippen molar-refractivity contribution >= 4 is 23.6 Å². The third-order valence-electron chi connectivity index (χ3n) is 3.90. The van der Waals surface area contributed by atoms with E-state index in [4.69, 9.17) is 4.42 Å². The van der Waals surface area contributed by atoms with Gasteiger partial charge >= 0.3 is 0 Å². The van der Waals surface area contributed by atoms with Crippen LogP contribution >= 0.6 is 11.8 Å². The summed E-state index contributed by atoms with van der Waals surface area (Å²) in [5.41, 5.74) is 1.72. The van der Waals surface area contributed by atoms with Crippen LogP contribution in [0.25, 0.3) is 17.1 Å². The smallest absolute Gasteiger partial charge is 0.239 e. The number of nitrogens with zero attached hydrogens (tertiary/aromatic N) is 3. The molecule has 0 aliphatic rings. The molecule has 0 saturated heterocycles. The number of rotatable bonds is 8. The van der Waals surface area contributed by atoms with Gasteiger partial charge in [0.05, 0.1) is 24.1 Å². The lowest BCUT2D eigenvalue weighted by molar-refractivity contribution is -0.124. The van der Waals surface area contributed by atoms with Crippen LogP contribution in [0.4, 0.5) is 0 Å². The van der Waals surface area contributed by atoms with Gasteiger partial charge in [0.15, 0.2) is 11.0 Å². The summed E-state index contributed by atoms with van der Waals surface area (Å²) >= 11 is 1.25. The van der Waals surface area contributed by atoms with Crippen LogP contribution in [0.15, 0.2) is 52.2 Å². The molecule has 0 unspecified atom stereocenters. The molecule has 2 heterocycles. The quantitative estimate of drug-likeness (QED) is 0.563. The largest absolute Gasteiger partial charge is 0.469 e. The van der Waals surface area contributed by atoms with Crippen molar-refractivity contribution in [2.75, 3.05) is 18.8 Å². The van der Waals surface area contributed by atoms with Gasteiger partial charge in [0.25, 0.3) is 0 Å². The van der Waals surface area contributed by atoms with E-state index in [-0.39, 0.29) is 24.1 Å². The van der Waals surface area contributed by atoms with Crippen LogP contribution in [0.3, 0.4) is 0 Å². The highest BCUT2D eigenvalue weighted by molar-refractivity contribution is 7.99. The molecule has 9 heteroatoms. The van der Waals surface area contributed by atoms with E-state index < -0.39 is 0 Å². The van der Waals surface area contributed by atoms with Crippen molar-refractivity contribution in [3.63, 3.8) is 0 Å². The monoisotopic (exact) mass is 399 g/mol. The van der Waals surface area contributed by atoms with Crippen LogP contribution in [0.1, 0.15) is 12.7 Å². The highest BCUT2D eigenvalue weighted by Gasteiger charge is 2.19. The summed E-state index contributed by atoms with van der Waals surface area (Å²) < 4.78 is 7.29. The van der Waals surface area contributed by atoms with Crippen molar-refractivity contribution in [1.29, 1.82) is 0 Å². The molecule has 8 nitrogen and oxygen atoms in total. The molecule has 0 saturated carbocycles. The number of likely N-dealkylation sites (N-methyl/N-ethyl adjacent to an activating group) is 1. The van der Waals surface area contributed by atoms with Crippen molar-refractivity contribution < 1.29 is 14.0 Å². The molecule has 0 spiro atoms. The number of amides is 2. The van der Waals surface area contributed by atoms with E-state index >= 15 is 0 Å². The number of aromatic nitrogens is 3. The topological polar surface area (TPSA) is 102 Å². The minimum atomic E-state index is -0.250. The van der Waals surface area contributed by atoms with Gasteiger partial charge in [-0.05, 0) is 32.0 Å². The lowest BCUT2D eigenvalue weighted by atomic mass is 10.2. The van der Waals surface area contributed by atoms with Gasteiger partial charge in [-0.25, -0.2) is 0 Å². The van der Waals surface area contributed by atoms with Gasteiger partial charge < -0.3 is 15.1 Å². The molecule has 0 aliphatic carbocycles. The first kappa shape index (κ1) is 19.7. The molecular formula is C19H21N5O3S. The normalized spacial score (nSPS) is 10.6. The molecule has 1 aromatic carbocycles. The predicted octanol–water partition coefficient (Wildman–Crippen LogP) is 2.18. The fraction of sp³-hybridized carbons (Fsp3) is 0.263. The number of hydrogen-bond acceptors (Lipinski definition) is 6. The van der Waals surface area contributed by atoms with Crippen molar-refractivity contribution in [3.05, 3.63) is 48.4 Å². The zero-order chi connectivity index (χ0) is 19.9. The van der Waals surface area contributed by atoms with Gasteiger partial charge in [0.2, 0.25) is 11.8 Å². The molecule has 0 radical (unpaired) electrons. The highest BCUT2D eigenvalue weighted by Crippen LogP contribution is 2.30. The number of carbonyl (C=O) groups is 2. The predicted molar refractivity (Wildman–Crippen MR) is 106 cm³/mol.